The average molecular weight is 678 g/mol. The van der Waals surface area contributed by atoms with Crippen LogP contribution in [0.15, 0.2) is 30.3 Å². The van der Waals surface area contributed by atoms with Crippen molar-refractivity contribution in [2.45, 2.75) is 37.0 Å². The summed E-state index contributed by atoms with van der Waals surface area (Å²) < 4.78 is 49.5. The average Bonchev–Trinajstić information content (AvgIpc) is 2.84. The third-order valence-electron chi connectivity index (χ3n) is 5.11. The minimum Gasteiger partial charge on any atom is -0.378 e. The molecule has 1 aromatic rings. The fourth-order valence-corrected chi connectivity index (χ4v) is 4.30. The van der Waals surface area contributed by atoms with Crippen LogP contribution in [0.4, 0.5) is 0 Å². The molecule has 2 aliphatic rings. The first-order valence-corrected chi connectivity index (χ1v) is 13.8. The number of hydrogen-bond donors (Lipinski definition) is 0. The van der Waals surface area contributed by atoms with Crippen LogP contribution in [0, 0.1) is 0 Å². The van der Waals surface area contributed by atoms with Gasteiger partial charge in [-0.25, -0.2) is 0 Å². The van der Waals surface area contributed by atoms with Gasteiger partial charge in [-0.1, -0.05) is 75.5 Å². The molecule has 182 valence electrons. The van der Waals surface area contributed by atoms with Gasteiger partial charge in [-0.05, 0) is 0 Å². The molecular formula is C22H32I2O8. The van der Waals surface area contributed by atoms with E-state index in [9.17, 15) is 0 Å². The van der Waals surface area contributed by atoms with Crippen molar-refractivity contribution in [3.8, 4) is 0 Å². The van der Waals surface area contributed by atoms with Crippen LogP contribution in [-0.4, -0.2) is 92.9 Å². The lowest BCUT2D eigenvalue weighted by atomic mass is 9.97. The Bertz CT molecular complexity index is 625. The van der Waals surface area contributed by atoms with Crippen LogP contribution in [0.1, 0.15) is 11.9 Å². The highest BCUT2D eigenvalue weighted by Gasteiger charge is 2.51. The maximum Gasteiger partial charge on any atom is 0.186 e. The van der Waals surface area contributed by atoms with Gasteiger partial charge in [0.2, 0.25) is 0 Å². The number of halogens is 2. The third kappa shape index (κ3) is 7.95. The Morgan fingerprint density at radius 3 is 2.12 bits per heavy atom. The number of alkyl halides is 2. The highest BCUT2D eigenvalue weighted by molar-refractivity contribution is 14.1. The first-order valence-electron chi connectivity index (χ1n) is 10.8. The molecule has 2 saturated heterocycles. The van der Waals surface area contributed by atoms with E-state index in [-0.39, 0.29) is 12.2 Å². The smallest absolute Gasteiger partial charge is 0.186 e. The molecular weight excluding hydrogens is 646 g/mol. The molecule has 0 spiro atoms. The van der Waals surface area contributed by atoms with Gasteiger partial charge < -0.3 is 37.9 Å². The molecule has 0 aliphatic carbocycles. The van der Waals surface area contributed by atoms with Crippen molar-refractivity contribution in [1.82, 2.24) is 0 Å². The van der Waals surface area contributed by atoms with Gasteiger partial charge in [0.25, 0.3) is 0 Å². The van der Waals surface area contributed by atoms with Gasteiger partial charge in [0.15, 0.2) is 12.6 Å². The Balaban J connectivity index is 1.69. The summed E-state index contributed by atoms with van der Waals surface area (Å²) in [5, 5.41) is 0. The summed E-state index contributed by atoms with van der Waals surface area (Å²) >= 11 is 4.56. The summed E-state index contributed by atoms with van der Waals surface area (Å²) in [4.78, 5) is 0. The molecule has 32 heavy (non-hydrogen) atoms. The lowest BCUT2D eigenvalue weighted by molar-refractivity contribution is -0.368. The fourth-order valence-electron chi connectivity index (χ4n) is 3.68. The third-order valence-corrected chi connectivity index (χ3v) is 5.99. The molecule has 0 saturated carbocycles. The normalized spacial score (nSPS) is 30.2. The molecule has 2 fully saturated rings. The molecule has 0 aromatic heterocycles. The zero-order valence-electron chi connectivity index (χ0n) is 18.2. The monoisotopic (exact) mass is 678 g/mol. The molecule has 0 N–H and O–H groups in total. The van der Waals surface area contributed by atoms with Crippen molar-refractivity contribution in [2.75, 3.05) is 62.2 Å². The Labute approximate surface area is 217 Å². The van der Waals surface area contributed by atoms with Crippen LogP contribution in [0.2, 0.25) is 0 Å². The van der Waals surface area contributed by atoms with Crippen LogP contribution in [0.25, 0.3) is 0 Å². The second-order valence-corrected chi connectivity index (χ2v) is 9.39. The highest BCUT2D eigenvalue weighted by Crippen LogP contribution is 2.36. The Morgan fingerprint density at radius 2 is 1.50 bits per heavy atom. The Kier molecular flexibility index (Phi) is 13.0. The van der Waals surface area contributed by atoms with Gasteiger partial charge in [-0.3, -0.25) is 0 Å². The van der Waals surface area contributed by atoms with E-state index in [1.807, 2.05) is 30.3 Å². The Hall–Kier alpha value is 0.360. The molecule has 3 rings (SSSR count). The zero-order chi connectivity index (χ0) is 22.6. The first kappa shape index (κ1) is 27.0. The lowest BCUT2D eigenvalue weighted by Crippen LogP contribution is -2.63. The minimum atomic E-state index is -0.596. The van der Waals surface area contributed by atoms with Crippen molar-refractivity contribution < 1.29 is 37.9 Å². The standard InChI is InChI=1S/C22H32I2O8/c1-25-22-20(29-14-12-27-10-8-24)19(28-13-11-26-9-7-23)18-17(31-22)15-30-21(32-18)16-5-3-2-4-6-16/h2-6,17-22H,7-15H2,1H3/t17-,18+,19-,20+,21+,22-/m0/s1. The molecule has 1 aromatic carbocycles. The number of ether oxygens (including phenoxy) is 8. The van der Waals surface area contributed by atoms with Gasteiger partial charge in [-0.2, -0.15) is 0 Å². The Morgan fingerprint density at radius 1 is 0.844 bits per heavy atom. The van der Waals surface area contributed by atoms with E-state index < -0.39 is 24.8 Å². The second kappa shape index (κ2) is 15.4. The number of rotatable bonds is 14. The van der Waals surface area contributed by atoms with E-state index in [1.54, 1.807) is 7.11 Å². The van der Waals surface area contributed by atoms with Crippen molar-refractivity contribution in [2.24, 2.45) is 0 Å². The molecule has 0 bridgehead atoms. The van der Waals surface area contributed by atoms with E-state index in [4.69, 9.17) is 37.9 Å². The summed E-state index contributed by atoms with van der Waals surface area (Å²) in [5.41, 5.74) is 0.952. The summed E-state index contributed by atoms with van der Waals surface area (Å²) in [5.74, 6) is 0. The summed E-state index contributed by atoms with van der Waals surface area (Å²) in [6.07, 6.45) is -2.65. The van der Waals surface area contributed by atoms with E-state index >= 15 is 0 Å². The van der Waals surface area contributed by atoms with Gasteiger partial charge in [0, 0.05) is 21.5 Å². The first-order chi connectivity index (χ1) is 15.8. The van der Waals surface area contributed by atoms with Crippen LogP contribution in [0.5, 0.6) is 0 Å². The quantitative estimate of drug-likeness (QED) is 0.169. The molecule has 2 aliphatic heterocycles. The van der Waals surface area contributed by atoms with Crippen molar-refractivity contribution in [3.05, 3.63) is 35.9 Å². The van der Waals surface area contributed by atoms with Crippen LogP contribution in [0.3, 0.4) is 0 Å². The maximum atomic E-state index is 6.35. The van der Waals surface area contributed by atoms with Crippen LogP contribution in [-0.2, 0) is 37.9 Å². The molecule has 2 heterocycles. The molecule has 0 unspecified atom stereocenters. The number of benzene rings is 1. The zero-order valence-corrected chi connectivity index (χ0v) is 22.6. The largest absolute Gasteiger partial charge is 0.378 e. The molecule has 6 atom stereocenters. The summed E-state index contributed by atoms with van der Waals surface area (Å²) in [6.45, 7) is 3.58. The minimum absolute atomic E-state index is 0.324. The molecule has 10 heteroatoms. The van der Waals surface area contributed by atoms with E-state index in [0.29, 0.717) is 46.2 Å². The van der Waals surface area contributed by atoms with Crippen LogP contribution >= 0.6 is 45.2 Å². The lowest BCUT2D eigenvalue weighted by Gasteiger charge is -2.48. The maximum absolute atomic E-state index is 6.35. The summed E-state index contributed by atoms with van der Waals surface area (Å²) in [7, 11) is 1.60. The van der Waals surface area contributed by atoms with E-state index in [0.717, 1.165) is 14.4 Å². The van der Waals surface area contributed by atoms with Crippen molar-refractivity contribution in [1.29, 1.82) is 0 Å². The SMILES string of the molecule is CO[C@H]1O[C@H]2CO[C@@H](c3ccccc3)O[C@H]2[C@H](OCCOCCI)[C@H]1OCCOCCI. The highest BCUT2D eigenvalue weighted by atomic mass is 127. The number of fused-ring (bicyclic) bond motifs is 1. The van der Waals surface area contributed by atoms with Crippen molar-refractivity contribution >= 4 is 45.2 Å². The van der Waals surface area contributed by atoms with Gasteiger partial charge >= 0.3 is 0 Å². The predicted octanol–water partition coefficient (Wildman–Crippen LogP) is 3.15. The fraction of sp³-hybridized carbons (Fsp3) is 0.727. The van der Waals surface area contributed by atoms with Gasteiger partial charge in [0.1, 0.15) is 24.4 Å². The van der Waals surface area contributed by atoms with E-state index in [2.05, 4.69) is 45.2 Å². The van der Waals surface area contributed by atoms with Crippen molar-refractivity contribution in [3.63, 3.8) is 0 Å². The van der Waals surface area contributed by atoms with Crippen LogP contribution < -0.4 is 0 Å². The van der Waals surface area contributed by atoms with Gasteiger partial charge in [-0.15, -0.1) is 0 Å². The molecule has 8 nitrogen and oxygen atoms in total. The predicted molar refractivity (Wildman–Crippen MR) is 135 cm³/mol. The van der Waals surface area contributed by atoms with Gasteiger partial charge in [0.05, 0.1) is 46.2 Å². The molecule has 0 amide bonds. The molecule has 0 radical (unpaired) electrons. The summed E-state index contributed by atoms with van der Waals surface area (Å²) in [6, 6.07) is 9.87. The number of methoxy groups -OCH3 is 1. The second-order valence-electron chi connectivity index (χ2n) is 7.23. The van der Waals surface area contributed by atoms with E-state index in [1.165, 1.54) is 0 Å². The number of hydrogen-bond acceptors (Lipinski definition) is 8. The topological polar surface area (TPSA) is 73.8 Å².